The van der Waals surface area contributed by atoms with Crippen LogP contribution >= 0.6 is 7.37 Å². The van der Waals surface area contributed by atoms with Crippen molar-refractivity contribution in [3.05, 3.63) is 71.8 Å². The first kappa shape index (κ1) is 19.4. The van der Waals surface area contributed by atoms with Crippen molar-refractivity contribution < 1.29 is 19.4 Å². The lowest BCUT2D eigenvalue weighted by Crippen LogP contribution is -2.22. The molecule has 2 aromatic carbocycles. The molecule has 2 rings (SSSR count). The highest BCUT2D eigenvalue weighted by Crippen LogP contribution is 2.55. The van der Waals surface area contributed by atoms with E-state index in [0.717, 1.165) is 11.1 Å². The highest BCUT2D eigenvalue weighted by atomic mass is 31.2. The summed E-state index contributed by atoms with van der Waals surface area (Å²) in [6.07, 6.45) is 0.430. The third-order valence-corrected chi connectivity index (χ3v) is 7.18. The number of hydrogen-bond donors (Lipinski definition) is 2. The maximum absolute atomic E-state index is 13.1. The standard InChI is InChI=1S/C20H25O4P/c1-15(20(21)22)13-19(18-11-7-4-8-12-18)16(2)25(23,24)14-17-9-5-3-6-10-17/h3-12,15-16,19H,13-14H2,1-2H3,(H,21,22)(H,23,24). The van der Waals surface area contributed by atoms with Crippen LogP contribution in [0.2, 0.25) is 0 Å². The second-order valence-electron chi connectivity index (χ2n) is 6.63. The zero-order valence-corrected chi connectivity index (χ0v) is 15.5. The van der Waals surface area contributed by atoms with Crippen LogP contribution in [0.4, 0.5) is 0 Å². The van der Waals surface area contributed by atoms with Crippen molar-refractivity contribution >= 4 is 13.3 Å². The Morgan fingerprint density at radius 1 is 1.00 bits per heavy atom. The molecule has 2 aromatic rings. The first-order chi connectivity index (χ1) is 11.8. The predicted octanol–water partition coefficient (Wildman–Crippen LogP) is 4.74. The van der Waals surface area contributed by atoms with Gasteiger partial charge in [-0.3, -0.25) is 9.36 Å². The number of aliphatic carboxylic acids is 1. The third kappa shape index (κ3) is 5.29. The fraction of sp³-hybridized carbons (Fsp3) is 0.350. The van der Waals surface area contributed by atoms with Gasteiger partial charge < -0.3 is 10.00 Å². The summed E-state index contributed by atoms with van der Waals surface area (Å²) in [7, 11) is -3.51. The maximum atomic E-state index is 13.1. The Kier molecular flexibility index (Phi) is 6.57. The van der Waals surface area contributed by atoms with E-state index in [1.807, 2.05) is 60.7 Å². The van der Waals surface area contributed by atoms with Crippen LogP contribution in [0, 0.1) is 5.92 Å². The molecule has 0 saturated heterocycles. The van der Waals surface area contributed by atoms with Crippen LogP contribution < -0.4 is 0 Å². The van der Waals surface area contributed by atoms with Crippen LogP contribution in [0.3, 0.4) is 0 Å². The van der Waals surface area contributed by atoms with Crippen LogP contribution in [0.15, 0.2) is 60.7 Å². The first-order valence-electron chi connectivity index (χ1n) is 8.44. The van der Waals surface area contributed by atoms with E-state index >= 15 is 0 Å². The molecule has 4 unspecified atom stereocenters. The maximum Gasteiger partial charge on any atom is 0.306 e. The van der Waals surface area contributed by atoms with Crippen molar-refractivity contribution in [2.75, 3.05) is 0 Å². The zero-order chi connectivity index (χ0) is 18.4. The Labute approximate surface area is 149 Å². The molecule has 0 fully saturated rings. The van der Waals surface area contributed by atoms with E-state index in [0.29, 0.717) is 6.42 Å². The molecule has 0 aromatic heterocycles. The molecule has 0 heterocycles. The van der Waals surface area contributed by atoms with Crippen LogP contribution in [-0.2, 0) is 15.5 Å². The molecule has 0 aliphatic heterocycles. The SMILES string of the molecule is CC(CC(c1ccccc1)C(C)P(=O)(O)Cc1ccccc1)C(=O)O. The van der Waals surface area contributed by atoms with Crippen molar-refractivity contribution in [2.45, 2.75) is 38.0 Å². The minimum Gasteiger partial charge on any atom is -0.481 e. The van der Waals surface area contributed by atoms with Gasteiger partial charge >= 0.3 is 5.97 Å². The second kappa shape index (κ2) is 8.46. The number of rotatable bonds is 8. The molecule has 0 amide bonds. The molecular weight excluding hydrogens is 335 g/mol. The molecule has 4 nitrogen and oxygen atoms in total. The number of carbonyl (C=O) groups is 1. The van der Waals surface area contributed by atoms with Gasteiger partial charge in [-0.15, -0.1) is 0 Å². The zero-order valence-electron chi connectivity index (χ0n) is 14.6. The minimum atomic E-state index is -3.51. The normalized spacial score (nSPS) is 17.2. The molecule has 0 aliphatic rings. The van der Waals surface area contributed by atoms with Gasteiger partial charge in [0, 0.05) is 11.8 Å². The molecule has 5 heteroatoms. The van der Waals surface area contributed by atoms with Gasteiger partial charge in [0.25, 0.3) is 0 Å². The van der Waals surface area contributed by atoms with Crippen molar-refractivity contribution in [1.82, 2.24) is 0 Å². The summed E-state index contributed by atoms with van der Waals surface area (Å²) in [5, 5.41) is 9.27. The summed E-state index contributed by atoms with van der Waals surface area (Å²) in [4.78, 5) is 22.0. The van der Waals surface area contributed by atoms with E-state index in [-0.39, 0.29) is 12.1 Å². The number of carboxylic acid groups (broad SMARTS) is 1. The van der Waals surface area contributed by atoms with E-state index in [4.69, 9.17) is 0 Å². The molecule has 0 bridgehead atoms. The predicted molar refractivity (Wildman–Crippen MR) is 100 cm³/mol. The summed E-state index contributed by atoms with van der Waals surface area (Å²) < 4.78 is 13.1. The lowest BCUT2D eigenvalue weighted by atomic mass is 9.87. The van der Waals surface area contributed by atoms with E-state index in [9.17, 15) is 19.4 Å². The summed E-state index contributed by atoms with van der Waals surface area (Å²) in [6.45, 7) is 3.40. The van der Waals surface area contributed by atoms with Crippen molar-refractivity contribution in [3.8, 4) is 0 Å². The summed E-state index contributed by atoms with van der Waals surface area (Å²) in [5.41, 5.74) is 1.20. The Bertz CT molecular complexity index is 730. The summed E-state index contributed by atoms with van der Waals surface area (Å²) in [6, 6.07) is 18.7. The first-order valence-corrected chi connectivity index (χ1v) is 10.4. The highest BCUT2D eigenvalue weighted by Gasteiger charge is 2.36. The van der Waals surface area contributed by atoms with Gasteiger partial charge in [0.15, 0.2) is 0 Å². The summed E-state index contributed by atoms with van der Waals surface area (Å²) in [5.74, 6) is -1.75. The van der Waals surface area contributed by atoms with Gasteiger partial charge in [-0.05, 0) is 23.5 Å². The summed E-state index contributed by atoms with van der Waals surface area (Å²) >= 11 is 0. The van der Waals surface area contributed by atoms with Gasteiger partial charge in [0.1, 0.15) is 0 Å². The largest absolute Gasteiger partial charge is 0.481 e. The topological polar surface area (TPSA) is 74.6 Å². The average molecular weight is 360 g/mol. The molecule has 0 radical (unpaired) electrons. The minimum absolute atomic E-state index is 0.0970. The van der Waals surface area contributed by atoms with Gasteiger partial charge in [0.05, 0.1) is 5.92 Å². The van der Waals surface area contributed by atoms with Crippen LogP contribution in [0.1, 0.15) is 37.3 Å². The quantitative estimate of drug-likeness (QED) is 0.667. The van der Waals surface area contributed by atoms with Gasteiger partial charge in [0.2, 0.25) is 7.37 Å². The molecule has 0 saturated carbocycles. The smallest absolute Gasteiger partial charge is 0.306 e. The van der Waals surface area contributed by atoms with Gasteiger partial charge in [-0.2, -0.15) is 0 Å². The molecule has 2 N–H and O–H groups in total. The lowest BCUT2D eigenvalue weighted by molar-refractivity contribution is -0.141. The number of carboxylic acids is 1. The van der Waals surface area contributed by atoms with Gasteiger partial charge in [-0.1, -0.05) is 74.5 Å². The fourth-order valence-electron chi connectivity index (χ4n) is 3.06. The van der Waals surface area contributed by atoms with E-state index < -0.39 is 24.9 Å². The molecule has 25 heavy (non-hydrogen) atoms. The molecule has 0 aliphatic carbocycles. The number of hydrogen-bond acceptors (Lipinski definition) is 2. The van der Waals surface area contributed by atoms with Crippen molar-refractivity contribution in [2.24, 2.45) is 5.92 Å². The Morgan fingerprint density at radius 2 is 1.52 bits per heavy atom. The molecule has 4 atom stereocenters. The van der Waals surface area contributed by atoms with Crippen molar-refractivity contribution in [1.29, 1.82) is 0 Å². The number of benzene rings is 2. The van der Waals surface area contributed by atoms with E-state index in [2.05, 4.69) is 0 Å². The Balaban J connectivity index is 2.28. The molecule has 0 spiro atoms. The average Bonchev–Trinajstić information content (AvgIpc) is 2.60. The third-order valence-electron chi connectivity index (χ3n) is 4.73. The highest BCUT2D eigenvalue weighted by molar-refractivity contribution is 7.58. The van der Waals surface area contributed by atoms with E-state index in [1.54, 1.807) is 13.8 Å². The van der Waals surface area contributed by atoms with E-state index in [1.165, 1.54) is 0 Å². The second-order valence-corrected chi connectivity index (χ2v) is 9.27. The Hall–Kier alpha value is -1.90. The lowest BCUT2D eigenvalue weighted by Gasteiger charge is -2.29. The van der Waals surface area contributed by atoms with Crippen LogP contribution in [-0.4, -0.2) is 21.6 Å². The van der Waals surface area contributed by atoms with Crippen LogP contribution in [0.5, 0.6) is 0 Å². The van der Waals surface area contributed by atoms with Crippen LogP contribution in [0.25, 0.3) is 0 Å². The monoisotopic (exact) mass is 360 g/mol. The van der Waals surface area contributed by atoms with Gasteiger partial charge in [-0.25, -0.2) is 0 Å². The molecular formula is C20H25O4P. The van der Waals surface area contributed by atoms with Crippen molar-refractivity contribution in [3.63, 3.8) is 0 Å². The molecule has 134 valence electrons. The fourth-order valence-corrected chi connectivity index (χ4v) is 4.94. The Morgan fingerprint density at radius 3 is 2.04 bits per heavy atom.